The molecule has 0 aromatic heterocycles. The number of aryl methyl sites for hydroxylation is 2. The van der Waals surface area contributed by atoms with Crippen LogP contribution < -0.4 is 0 Å². The summed E-state index contributed by atoms with van der Waals surface area (Å²) in [6.45, 7) is 8.23. The van der Waals surface area contributed by atoms with Crippen LogP contribution in [0.15, 0.2) is 60.2 Å². The average molecular weight is 364 g/mol. The highest BCUT2D eigenvalue weighted by Gasteiger charge is 2.30. The van der Waals surface area contributed by atoms with Crippen LogP contribution in [0.1, 0.15) is 49.3 Å². The highest BCUT2D eigenvalue weighted by Crippen LogP contribution is 2.46. The van der Waals surface area contributed by atoms with Gasteiger partial charge in [0.15, 0.2) is 0 Å². The van der Waals surface area contributed by atoms with Crippen molar-refractivity contribution in [3.05, 3.63) is 76.9 Å². The number of benzene rings is 2. The summed E-state index contributed by atoms with van der Waals surface area (Å²) in [5.74, 6) is 0.743. The average Bonchev–Trinajstić information content (AvgIpc) is 2.60. The molecule has 0 bridgehead atoms. The van der Waals surface area contributed by atoms with Crippen LogP contribution in [0.2, 0.25) is 0 Å². The molecule has 0 amide bonds. The van der Waals surface area contributed by atoms with Crippen LogP contribution in [0.5, 0.6) is 17.2 Å². The van der Waals surface area contributed by atoms with Gasteiger partial charge in [0.05, 0.1) is 0 Å². The third kappa shape index (κ3) is 4.36. The van der Waals surface area contributed by atoms with Crippen LogP contribution in [0.3, 0.4) is 0 Å². The second kappa shape index (κ2) is 7.91. The molecule has 0 radical (unpaired) electrons. The van der Waals surface area contributed by atoms with Crippen molar-refractivity contribution in [3.8, 4) is 17.2 Å². The van der Waals surface area contributed by atoms with Crippen molar-refractivity contribution in [1.29, 1.82) is 0 Å². The first-order valence-electron chi connectivity index (χ1n) is 9.50. The second-order valence-corrected chi connectivity index (χ2v) is 7.74. The predicted octanol–water partition coefficient (Wildman–Crippen LogP) is 5.60. The summed E-state index contributed by atoms with van der Waals surface area (Å²) in [6, 6.07) is 10.6. The molecule has 27 heavy (non-hydrogen) atoms. The Kier molecular flexibility index (Phi) is 5.59. The Bertz CT molecular complexity index is 839. The van der Waals surface area contributed by atoms with E-state index in [1.54, 1.807) is 24.3 Å². The van der Waals surface area contributed by atoms with Crippen LogP contribution in [-0.4, -0.2) is 15.3 Å². The van der Waals surface area contributed by atoms with E-state index in [0.717, 1.165) is 36.0 Å². The quantitative estimate of drug-likeness (QED) is 0.605. The monoisotopic (exact) mass is 364 g/mol. The molecule has 0 saturated heterocycles. The van der Waals surface area contributed by atoms with E-state index in [2.05, 4.69) is 19.6 Å². The molecule has 0 spiro atoms. The van der Waals surface area contributed by atoms with Crippen LogP contribution in [-0.2, 0) is 12.8 Å². The molecule has 0 unspecified atom stereocenters. The molecule has 0 heterocycles. The minimum absolute atomic E-state index is 0.0394. The minimum Gasteiger partial charge on any atom is -0.508 e. The van der Waals surface area contributed by atoms with Crippen molar-refractivity contribution in [2.45, 2.75) is 45.4 Å². The zero-order valence-electron chi connectivity index (χ0n) is 16.1. The normalized spacial score (nSPS) is 19.6. The second-order valence-electron chi connectivity index (χ2n) is 7.74. The summed E-state index contributed by atoms with van der Waals surface area (Å²) in [4.78, 5) is 0. The molecule has 3 heteroatoms. The van der Waals surface area contributed by atoms with Crippen molar-refractivity contribution >= 4 is 0 Å². The number of hydrogen-bond acceptors (Lipinski definition) is 3. The predicted molar refractivity (Wildman–Crippen MR) is 109 cm³/mol. The number of phenols is 3. The van der Waals surface area contributed by atoms with Gasteiger partial charge in [0, 0.05) is 11.5 Å². The number of hydrogen-bond donors (Lipinski definition) is 3. The Hall–Kier alpha value is -2.68. The molecule has 2 atom stereocenters. The summed E-state index contributed by atoms with van der Waals surface area (Å²) in [7, 11) is 0. The Morgan fingerprint density at radius 3 is 2.19 bits per heavy atom. The zero-order valence-corrected chi connectivity index (χ0v) is 16.1. The van der Waals surface area contributed by atoms with E-state index in [-0.39, 0.29) is 29.1 Å². The molecule has 2 aromatic rings. The van der Waals surface area contributed by atoms with Gasteiger partial charge in [-0.1, -0.05) is 35.9 Å². The Labute approximate surface area is 161 Å². The first-order chi connectivity index (χ1) is 12.8. The lowest BCUT2D eigenvalue weighted by atomic mass is 9.73. The van der Waals surface area contributed by atoms with Crippen molar-refractivity contribution in [2.24, 2.45) is 5.92 Å². The molecule has 3 N–H and O–H groups in total. The zero-order chi connectivity index (χ0) is 19.6. The fourth-order valence-corrected chi connectivity index (χ4v) is 4.02. The molecule has 2 aromatic carbocycles. The van der Waals surface area contributed by atoms with Crippen molar-refractivity contribution in [3.63, 3.8) is 0 Å². The lowest BCUT2D eigenvalue weighted by molar-refractivity contribution is 0.406. The minimum atomic E-state index is -0.0394. The molecule has 142 valence electrons. The third-order valence-corrected chi connectivity index (χ3v) is 5.55. The SMILES string of the molecule is C=C(C)[C@H]1CCC(C)=C[C@@H]1c1c(O)cc(CCc2ccc(O)cc2)cc1O. The van der Waals surface area contributed by atoms with Gasteiger partial charge in [0.25, 0.3) is 0 Å². The molecule has 1 aliphatic rings. The maximum absolute atomic E-state index is 10.7. The number of rotatable bonds is 5. The van der Waals surface area contributed by atoms with Crippen LogP contribution in [0, 0.1) is 5.92 Å². The molecule has 1 aliphatic carbocycles. The van der Waals surface area contributed by atoms with E-state index in [1.807, 2.05) is 19.1 Å². The van der Waals surface area contributed by atoms with Gasteiger partial charge in [-0.3, -0.25) is 0 Å². The van der Waals surface area contributed by atoms with Gasteiger partial charge in [-0.25, -0.2) is 0 Å². The van der Waals surface area contributed by atoms with Crippen LogP contribution in [0.25, 0.3) is 0 Å². The highest BCUT2D eigenvalue weighted by atomic mass is 16.3. The summed E-state index contributed by atoms with van der Waals surface area (Å²) < 4.78 is 0. The summed E-state index contributed by atoms with van der Waals surface area (Å²) in [6.07, 6.45) is 5.66. The van der Waals surface area contributed by atoms with E-state index >= 15 is 0 Å². The number of allylic oxidation sites excluding steroid dienone is 3. The van der Waals surface area contributed by atoms with Gasteiger partial charge in [0.2, 0.25) is 0 Å². The molecular weight excluding hydrogens is 336 g/mol. The fourth-order valence-electron chi connectivity index (χ4n) is 4.02. The van der Waals surface area contributed by atoms with E-state index in [9.17, 15) is 15.3 Å². The van der Waals surface area contributed by atoms with Crippen LogP contribution in [0.4, 0.5) is 0 Å². The van der Waals surface area contributed by atoms with Gasteiger partial charge in [-0.15, -0.1) is 0 Å². The van der Waals surface area contributed by atoms with Gasteiger partial charge in [-0.2, -0.15) is 0 Å². The summed E-state index contributed by atoms with van der Waals surface area (Å²) in [5.41, 5.74) is 4.97. The summed E-state index contributed by atoms with van der Waals surface area (Å²) >= 11 is 0. The number of phenolic OH excluding ortho intramolecular Hbond substituents is 3. The van der Waals surface area contributed by atoms with Crippen molar-refractivity contribution in [1.82, 2.24) is 0 Å². The topological polar surface area (TPSA) is 60.7 Å². The Morgan fingerprint density at radius 2 is 1.59 bits per heavy atom. The first-order valence-corrected chi connectivity index (χ1v) is 9.50. The molecule has 0 aliphatic heterocycles. The lowest BCUT2D eigenvalue weighted by Gasteiger charge is -2.31. The Balaban J connectivity index is 1.84. The van der Waals surface area contributed by atoms with E-state index < -0.39 is 0 Å². The van der Waals surface area contributed by atoms with E-state index in [1.165, 1.54) is 5.57 Å². The third-order valence-electron chi connectivity index (χ3n) is 5.55. The van der Waals surface area contributed by atoms with Gasteiger partial charge in [-0.05, 0) is 80.8 Å². The van der Waals surface area contributed by atoms with Gasteiger partial charge >= 0.3 is 0 Å². The fraction of sp³-hybridized carbons (Fsp3) is 0.333. The highest BCUT2D eigenvalue weighted by molar-refractivity contribution is 5.52. The van der Waals surface area contributed by atoms with Gasteiger partial charge < -0.3 is 15.3 Å². The Morgan fingerprint density at radius 1 is 1.00 bits per heavy atom. The van der Waals surface area contributed by atoms with E-state index in [4.69, 9.17) is 0 Å². The van der Waals surface area contributed by atoms with Crippen LogP contribution >= 0.6 is 0 Å². The maximum Gasteiger partial charge on any atom is 0.123 e. The smallest absolute Gasteiger partial charge is 0.123 e. The molecule has 0 saturated carbocycles. The molecule has 3 nitrogen and oxygen atoms in total. The molecule has 3 rings (SSSR count). The number of aromatic hydroxyl groups is 3. The maximum atomic E-state index is 10.7. The standard InChI is InChI=1S/C24H28O3/c1-15(2)20-11-4-16(3)12-21(20)24-22(26)13-18(14-23(24)27)6-5-17-7-9-19(25)10-8-17/h7-10,12-14,20-21,25-27H,1,4-6,11H2,2-3H3/t20-,21+/m1/s1. The molecular formula is C24H28O3. The van der Waals surface area contributed by atoms with Crippen molar-refractivity contribution < 1.29 is 15.3 Å². The van der Waals surface area contributed by atoms with Gasteiger partial charge in [0.1, 0.15) is 17.2 Å². The lowest BCUT2D eigenvalue weighted by Crippen LogP contribution is -2.17. The summed E-state index contributed by atoms with van der Waals surface area (Å²) in [5, 5.41) is 30.8. The van der Waals surface area contributed by atoms with E-state index in [0.29, 0.717) is 12.0 Å². The van der Waals surface area contributed by atoms with Crippen molar-refractivity contribution in [2.75, 3.05) is 0 Å². The first kappa shape index (κ1) is 19.1. The largest absolute Gasteiger partial charge is 0.508 e. The molecule has 0 fully saturated rings.